The molecule has 0 aliphatic carbocycles. The molecular weight excluding hydrogens is 240 g/mol. The van der Waals surface area contributed by atoms with E-state index in [4.69, 9.17) is 10.00 Å². The fourth-order valence-corrected chi connectivity index (χ4v) is 2.04. The lowest BCUT2D eigenvalue weighted by molar-refractivity contribution is -0.142. The van der Waals surface area contributed by atoms with Crippen molar-refractivity contribution in [2.45, 2.75) is 12.8 Å². The Bertz CT molecular complexity index is 439. The summed E-state index contributed by atoms with van der Waals surface area (Å²) in [5.41, 5.74) is 0.936. The van der Waals surface area contributed by atoms with Crippen LogP contribution in [0.15, 0.2) is 30.3 Å². The van der Waals surface area contributed by atoms with Gasteiger partial charge in [0.15, 0.2) is 0 Å². The monoisotopic (exact) mass is 260 g/mol. The van der Waals surface area contributed by atoms with Gasteiger partial charge in [-0.2, -0.15) is 5.26 Å². The number of hydrogen-bond acceptors (Lipinski definition) is 4. The summed E-state index contributed by atoms with van der Waals surface area (Å²) in [6.45, 7) is 3.05. The van der Waals surface area contributed by atoms with Crippen LogP contribution in [-0.2, 0) is 9.53 Å². The molecule has 4 nitrogen and oxygen atoms in total. The van der Waals surface area contributed by atoms with E-state index in [9.17, 15) is 4.79 Å². The maximum atomic E-state index is 11.9. The fourth-order valence-electron chi connectivity index (χ4n) is 2.04. The van der Waals surface area contributed by atoms with Crippen molar-refractivity contribution in [1.82, 2.24) is 4.90 Å². The number of carbonyl (C=O) groups excluding carboxylic acids is 1. The van der Waals surface area contributed by atoms with Crippen LogP contribution in [0.1, 0.15) is 18.4 Å². The van der Waals surface area contributed by atoms with E-state index in [1.54, 1.807) is 0 Å². The molecule has 0 aromatic heterocycles. The number of ether oxygens (including phenoxy) is 1. The van der Waals surface area contributed by atoms with Gasteiger partial charge < -0.3 is 9.64 Å². The third-order valence-corrected chi connectivity index (χ3v) is 2.99. The van der Waals surface area contributed by atoms with Crippen LogP contribution in [0.3, 0.4) is 0 Å². The maximum Gasteiger partial charge on any atom is 0.314 e. The molecule has 1 aromatic rings. The number of nitriles is 1. The van der Waals surface area contributed by atoms with E-state index >= 15 is 0 Å². The van der Waals surface area contributed by atoms with E-state index in [0.29, 0.717) is 13.1 Å². The molecule has 0 heterocycles. The minimum Gasteiger partial charge on any atom is -0.469 e. The van der Waals surface area contributed by atoms with Crippen molar-refractivity contribution in [2.24, 2.45) is 5.92 Å². The Kier molecular flexibility index (Phi) is 6.04. The van der Waals surface area contributed by atoms with E-state index in [2.05, 4.69) is 6.07 Å². The van der Waals surface area contributed by atoms with Gasteiger partial charge in [-0.15, -0.1) is 0 Å². The average Bonchev–Trinajstić information content (AvgIpc) is 2.44. The number of carbonyl (C=O) groups is 1. The lowest BCUT2D eigenvalue weighted by Gasteiger charge is -2.23. The second-order valence-electron chi connectivity index (χ2n) is 4.74. The van der Waals surface area contributed by atoms with Crippen LogP contribution in [0.4, 0.5) is 0 Å². The van der Waals surface area contributed by atoms with Gasteiger partial charge >= 0.3 is 5.97 Å². The number of benzene rings is 1. The molecule has 0 spiro atoms. The van der Waals surface area contributed by atoms with Gasteiger partial charge in [-0.1, -0.05) is 30.3 Å². The van der Waals surface area contributed by atoms with Gasteiger partial charge in [0.2, 0.25) is 0 Å². The van der Waals surface area contributed by atoms with Crippen LogP contribution < -0.4 is 0 Å². The van der Waals surface area contributed by atoms with Crippen LogP contribution in [0.5, 0.6) is 0 Å². The quantitative estimate of drug-likeness (QED) is 0.734. The SMILES string of the molecule is COC(=O)C(CN(C)CC(C)C#N)c1ccccc1. The van der Waals surface area contributed by atoms with Crippen molar-refractivity contribution in [3.63, 3.8) is 0 Å². The summed E-state index contributed by atoms with van der Waals surface area (Å²) in [7, 11) is 3.31. The predicted molar refractivity (Wildman–Crippen MR) is 73.5 cm³/mol. The van der Waals surface area contributed by atoms with Crippen molar-refractivity contribution >= 4 is 5.97 Å². The molecule has 0 bridgehead atoms. The van der Waals surface area contributed by atoms with Gasteiger partial charge in [-0.3, -0.25) is 4.79 Å². The summed E-state index contributed by atoms with van der Waals surface area (Å²) in [6, 6.07) is 11.8. The second-order valence-corrected chi connectivity index (χ2v) is 4.74. The minimum atomic E-state index is -0.318. The molecule has 0 saturated heterocycles. The highest BCUT2D eigenvalue weighted by atomic mass is 16.5. The van der Waals surface area contributed by atoms with Crippen molar-refractivity contribution in [1.29, 1.82) is 5.26 Å². The first kappa shape index (κ1) is 15.2. The predicted octanol–water partition coefficient (Wildman–Crippen LogP) is 2.03. The molecule has 4 heteroatoms. The highest BCUT2D eigenvalue weighted by Gasteiger charge is 2.23. The number of hydrogen-bond donors (Lipinski definition) is 0. The molecule has 0 aliphatic rings. The summed E-state index contributed by atoms with van der Waals surface area (Å²) >= 11 is 0. The van der Waals surface area contributed by atoms with E-state index in [0.717, 1.165) is 5.56 Å². The summed E-state index contributed by atoms with van der Waals surface area (Å²) in [4.78, 5) is 13.9. The van der Waals surface area contributed by atoms with Crippen molar-refractivity contribution in [3.8, 4) is 6.07 Å². The standard InChI is InChI=1S/C15H20N2O2/c1-12(9-16)10-17(2)11-14(15(18)19-3)13-7-5-4-6-8-13/h4-8,12,14H,10-11H2,1-3H3. The third kappa shape index (κ3) is 4.72. The molecule has 2 atom stereocenters. The zero-order valence-corrected chi connectivity index (χ0v) is 11.7. The van der Waals surface area contributed by atoms with Crippen LogP contribution in [0.25, 0.3) is 0 Å². The minimum absolute atomic E-state index is 0.0564. The van der Waals surface area contributed by atoms with Crippen molar-refractivity contribution in [2.75, 3.05) is 27.2 Å². The summed E-state index contributed by atoms with van der Waals surface area (Å²) in [5.74, 6) is -0.621. The molecule has 102 valence electrons. The highest BCUT2D eigenvalue weighted by molar-refractivity contribution is 5.78. The van der Waals surface area contributed by atoms with E-state index in [-0.39, 0.29) is 17.8 Å². The zero-order chi connectivity index (χ0) is 14.3. The Labute approximate surface area is 114 Å². The molecule has 0 saturated carbocycles. The van der Waals surface area contributed by atoms with Crippen molar-refractivity contribution in [3.05, 3.63) is 35.9 Å². The molecule has 0 radical (unpaired) electrons. The topological polar surface area (TPSA) is 53.3 Å². The Balaban J connectivity index is 2.77. The van der Waals surface area contributed by atoms with Crippen LogP contribution >= 0.6 is 0 Å². The Hall–Kier alpha value is -1.86. The zero-order valence-electron chi connectivity index (χ0n) is 11.7. The third-order valence-electron chi connectivity index (χ3n) is 2.99. The molecule has 0 aliphatic heterocycles. The van der Waals surface area contributed by atoms with Gasteiger partial charge in [0.05, 0.1) is 25.0 Å². The van der Waals surface area contributed by atoms with Gasteiger partial charge in [-0.05, 0) is 19.5 Å². The molecule has 1 aromatic carbocycles. The van der Waals surface area contributed by atoms with Gasteiger partial charge in [0, 0.05) is 13.1 Å². The number of likely N-dealkylation sites (N-methyl/N-ethyl adjacent to an activating group) is 1. The van der Waals surface area contributed by atoms with E-state index in [1.165, 1.54) is 7.11 Å². The van der Waals surface area contributed by atoms with Crippen LogP contribution in [0.2, 0.25) is 0 Å². The Morgan fingerprint density at radius 3 is 2.53 bits per heavy atom. The van der Waals surface area contributed by atoms with Crippen LogP contribution in [-0.4, -0.2) is 38.1 Å². The first-order valence-electron chi connectivity index (χ1n) is 6.29. The number of nitrogens with zero attached hydrogens (tertiary/aromatic N) is 2. The molecular formula is C15H20N2O2. The molecule has 1 rings (SSSR count). The van der Waals surface area contributed by atoms with Crippen molar-refractivity contribution < 1.29 is 9.53 Å². The van der Waals surface area contributed by atoms with Crippen LogP contribution in [0, 0.1) is 17.2 Å². The molecule has 0 amide bonds. The first-order chi connectivity index (χ1) is 9.08. The Morgan fingerprint density at radius 1 is 1.37 bits per heavy atom. The molecule has 0 fully saturated rings. The molecule has 2 unspecified atom stereocenters. The Morgan fingerprint density at radius 2 is 2.00 bits per heavy atom. The molecule has 19 heavy (non-hydrogen) atoms. The highest BCUT2D eigenvalue weighted by Crippen LogP contribution is 2.18. The van der Waals surface area contributed by atoms with E-state index in [1.807, 2.05) is 49.2 Å². The number of methoxy groups -OCH3 is 1. The lowest BCUT2D eigenvalue weighted by atomic mass is 9.98. The van der Waals surface area contributed by atoms with Gasteiger partial charge in [-0.25, -0.2) is 0 Å². The number of esters is 1. The first-order valence-corrected chi connectivity index (χ1v) is 6.29. The summed E-state index contributed by atoms with van der Waals surface area (Å²) in [5, 5.41) is 8.82. The van der Waals surface area contributed by atoms with E-state index < -0.39 is 0 Å². The largest absolute Gasteiger partial charge is 0.469 e. The number of rotatable bonds is 6. The fraction of sp³-hybridized carbons (Fsp3) is 0.467. The average molecular weight is 260 g/mol. The summed E-state index contributed by atoms with van der Waals surface area (Å²) < 4.78 is 4.87. The normalized spacial score (nSPS) is 13.6. The lowest BCUT2D eigenvalue weighted by Crippen LogP contribution is -2.32. The maximum absolute atomic E-state index is 11.9. The smallest absolute Gasteiger partial charge is 0.314 e. The van der Waals surface area contributed by atoms with Gasteiger partial charge in [0.25, 0.3) is 0 Å². The van der Waals surface area contributed by atoms with Gasteiger partial charge in [0.1, 0.15) is 0 Å². The molecule has 0 N–H and O–H groups in total. The summed E-state index contributed by atoms with van der Waals surface area (Å²) in [6.07, 6.45) is 0. The second kappa shape index (κ2) is 7.55.